The molecule has 0 fully saturated rings. The summed E-state index contributed by atoms with van der Waals surface area (Å²) in [6, 6.07) is 13.0. The Morgan fingerprint density at radius 3 is 2.48 bits per heavy atom. The molecule has 2 aromatic carbocycles. The van der Waals surface area contributed by atoms with Crippen LogP contribution in [-0.2, 0) is 11.2 Å². The highest BCUT2D eigenvalue weighted by Gasteiger charge is 2.19. The fourth-order valence-electron chi connectivity index (χ4n) is 3.70. The van der Waals surface area contributed by atoms with E-state index >= 15 is 0 Å². The zero-order chi connectivity index (χ0) is 22.7. The van der Waals surface area contributed by atoms with Crippen molar-refractivity contribution in [3.05, 3.63) is 58.5 Å². The van der Waals surface area contributed by atoms with E-state index in [2.05, 4.69) is 71.0 Å². The summed E-state index contributed by atoms with van der Waals surface area (Å²) < 4.78 is 7.56. The first kappa shape index (κ1) is 23.1. The summed E-state index contributed by atoms with van der Waals surface area (Å²) in [7, 11) is 0. The maximum absolute atomic E-state index is 11.1. The Labute approximate surface area is 189 Å². The van der Waals surface area contributed by atoms with Crippen molar-refractivity contribution in [1.29, 1.82) is 0 Å². The number of carboxylic acids is 1. The Morgan fingerprint density at radius 1 is 1.13 bits per heavy atom. The number of ether oxygens (including phenoxy) is 1. The van der Waals surface area contributed by atoms with E-state index in [0.29, 0.717) is 18.4 Å². The number of aryl methyl sites for hydroxylation is 1. The molecule has 0 aliphatic heterocycles. The largest absolute Gasteiger partial charge is 0.492 e. The number of hydrogen-bond acceptors (Lipinski definition) is 3. The van der Waals surface area contributed by atoms with Gasteiger partial charge >= 0.3 is 5.97 Å². The summed E-state index contributed by atoms with van der Waals surface area (Å²) in [5.74, 6) is 0.840. The molecule has 0 spiro atoms. The molecule has 0 bridgehead atoms. The van der Waals surface area contributed by atoms with Crippen molar-refractivity contribution in [2.45, 2.75) is 53.9 Å². The molecule has 0 atom stereocenters. The highest BCUT2D eigenvalue weighted by Crippen LogP contribution is 2.43. The topological polar surface area (TPSA) is 46.5 Å². The van der Waals surface area contributed by atoms with Gasteiger partial charge in [-0.3, -0.25) is 0 Å². The average Bonchev–Trinajstić information content (AvgIpc) is 3.15. The maximum Gasteiger partial charge on any atom is 0.328 e. The average molecular weight is 437 g/mol. The lowest BCUT2D eigenvalue weighted by Crippen LogP contribution is -2.08. The van der Waals surface area contributed by atoms with Gasteiger partial charge in [-0.15, -0.1) is 11.3 Å². The fourth-order valence-corrected chi connectivity index (χ4v) is 4.76. The minimum atomic E-state index is -0.920. The molecule has 1 heterocycles. The van der Waals surface area contributed by atoms with Crippen LogP contribution in [0, 0.1) is 5.92 Å². The second kappa shape index (κ2) is 9.69. The first-order chi connectivity index (χ1) is 14.7. The number of fused-ring (bicyclic) bond motifs is 1. The van der Waals surface area contributed by atoms with Crippen molar-refractivity contribution >= 4 is 33.0 Å². The van der Waals surface area contributed by atoms with Crippen molar-refractivity contribution in [2.24, 2.45) is 5.92 Å². The highest BCUT2D eigenvalue weighted by atomic mass is 32.1. The molecule has 0 radical (unpaired) electrons. The van der Waals surface area contributed by atoms with E-state index < -0.39 is 5.97 Å². The molecular formula is C27H32O3S. The van der Waals surface area contributed by atoms with Gasteiger partial charge in [-0.1, -0.05) is 52.8 Å². The molecule has 164 valence electrons. The number of aliphatic carboxylic acids is 1. The predicted octanol–water partition coefficient (Wildman–Crippen LogP) is 7.78. The van der Waals surface area contributed by atoms with E-state index in [-0.39, 0.29) is 0 Å². The lowest BCUT2D eigenvalue weighted by atomic mass is 9.91. The number of hydrogen-bond donors (Lipinski definition) is 1. The normalized spacial score (nSPS) is 12.2. The van der Waals surface area contributed by atoms with Crippen molar-refractivity contribution in [1.82, 2.24) is 0 Å². The Hall–Kier alpha value is -2.59. The summed E-state index contributed by atoms with van der Waals surface area (Å²) in [5.41, 5.74) is 5.56. The van der Waals surface area contributed by atoms with Crippen molar-refractivity contribution in [2.75, 3.05) is 6.61 Å². The number of benzene rings is 2. The van der Waals surface area contributed by atoms with E-state index in [1.165, 1.54) is 17.2 Å². The third kappa shape index (κ3) is 5.19. The van der Waals surface area contributed by atoms with Gasteiger partial charge in [0, 0.05) is 26.6 Å². The van der Waals surface area contributed by atoms with Gasteiger partial charge in [-0.05, 0) is 65.6 Å². The number of allylic oxidation sites excluding steroid dienone is 1. The quantitative estimate of drug-likeness (QED) is 0.367. The molecule has 0 aliphatic carbocycles. The van der Waals surface area contributed by atoms with Gasteiger partial charge in [-0.25, -0.2) is 4.79 Å². The molecule has 0 aliphatic rings. The van der Waals surface area contributed by atoms with Crippen LogP contribution in [0.15, 0.2) is 42.5 Å². The zero-order valence-electron chi connectivity index (χ0n) is 19.3. The third-order valence-electron chi connectivity index (χ3n) is 5.35. The van der Waals surface area contributed by atoms with Crippen molar-refractivity contribution < 1.29 is 14.6 Å². The standard InChI is InChI=1S/C27H32O3S/c1-7-19-12-21(17(4)5)27(30-15-16(2)3)23(13-19)20-9-8-10-24-22(20)14-25(31-24)18(6)11-26(28)29/h8-14,16-17H,7,15H2,1-6H3,(H,28,29)/b18-11+. The number of rotatable bonds is 8. The van der Waals surface area contributed by atoms with Crippen LogP contribution < -0.4 is 4.74 Å². The molecule has 4 heteroatoms. The molecule has 3 nitrogen and oxygen atoms in total. The summed E-state index contributed by atoms with van der Waals surface area (Å²) in [4.78, 5) is 12.1. The van der Waals surface area contributed by atoms with Crippen molar-refractivity contribution in [3.8, 4) is 16.9 Å². The van der Waals surface area contributed by atoms with Crippen LogP contribution in [0.4, 0.5) is 0 Å². The van der Waals surface area contributed by atoms with E-state index in [4.69, 9.17) is 9.84 Å². The lowest BCUT2D eigenvalue weighted by molar-refractivity contribution is -0.131. The first-order valence-electron chi connectivity index (χ1n) is 10.9. The zero-order valence-corrected chi connectivity index (χ0v) is 20.1. The van der Waals surface area contributed by atoms with Gasteiger partial charge in [0.05, 0.1) is 6.61 Å². The van der Waals surface area contributed by atoms with E-state index in [1.807, 2.05) is 6.92 Å². The van der Waals surface area contributed by atoms with Gasteiger partial charge in [0.25, 0.3) is 0 Å². The van der Waals surface area contributed by atoms with Gasteiger partial charge in [0.1, 0.15) is 5.75 Å². The number of carbonyl (C=O) groups is 1. The third-order valence-corrected chi connectivity index (χ3v) is 6.58. The number of carboxylic acid groups (broad SMARTS) is 1. The molecule has 0 amide bonds. The Morgan fingerprint density at radius 2 is 1.87 bits per heavy atom. The molecule has 0 unspecified atom stereocenters. The molecule has 0 saturated heterocycles. The van der Waals surface area contributed by atoms with Crippen LogP contribution >= 0.6 is 11.3 Å². The van der Waals surface area contributed by atoms with Crippen LogP contribution in [-0.4, -0.2) is 17.7 Å². The molecular weight excluding hydrogens is 404 g/mol. The van der Waals surface area contributed by atoms with Crippen LogP contribution in [0.1, 0.15) is 63.5 Å². The highest BCUT2D eigenvalue weighted by molar-refractivity contribution is 7.20. The number of thiophene rings is 1. The molecule has 0 saturated carbocycles. The van der Waals surface area contributed by atoms with Gasteiger partial charge in [-0.2, -0.15) is 0 Å². The Kier molecular flexibility index (Phi) is 7.22. The van der Waals surface area contributed by atoms with Crippen LogP contribution in [0.2, 0.25) is 0 Å². The maximum atomic E-state index is 11.1. The van der Waals surface area contributed by atoms with Crippen LogP contribution in [0.3, 0.4) is 0 Å². The molecule has 1 N–H and O–H groups in total. The fraction of sp³-hybridized carbons (Fsp3) is 0.370. The van der Waals surface area contributed by atoms with Crippen molar-refractivity contribution in [3.63, 3.8) is 0 Å². The Bertz CT molecular complexity index is 1120. The second-order valence-electron chi connectivity index (χ2n) is 8.77. The van der Waals surface area contributed by atoms with Crippen LogP contribution in [0.5, 0.6) is 5.75 Å². The van der Waals surface area contributed by atoms with Crippen LogP contribution in [0.25, 0.3) is 26.8 Å². The summed E-state index contributed by atoms with van der Waals surface area (Å²) in [6.07, 6.45) is 2.23. The predicted molar refractivity (Wildman–Crippen MR) is 132 cm³/mol. The van der Waals surface area contributed by atoms with E-state index in [1.54, 1.807) is 11.3 Å². The molecule has 3 aromatic rings. The lowest BCUT2D eigenvalue weighted by Gasteiger charge is -2.21. The van der Waals surface area contributed by atoms with Gasteiger partial charge in [0.15, 0.2) is 0 Å². The minimum absolute atomic E-state index is 0.352. The monoisotopic (exact) mass is 436 g/mol. The summed E-state index contributed by atoms with van der Waals surface area (Å²) in [6.45, 7) is 13.5. The van der Waals surface area contributed by atoms with E-state index in [0.717, 1.165) is 43.8 Å². The summed E-state index contributed by atoms with van der Waals surface area (Å²) in [5, 5.41) is 10.3. The van der Waals surface area contributed by atoms with Gasteiger partial charge < -0.3 is 9.84 Å². The minimum Gasteiger partial charge on any atom is -0.492 e. The van der Waals surface area contributed by atoms with E-state index in [9.17, 15) is 4.79 Å². The summed E-state index contributed by atoms with van der Waals surface area (Å²) >= 11 is 1.63. The SMILES string of the molecule is CCc1cc(-c2cccc3sc(/C(C)=C/C(=O)O)cc23)c(OCC(C)C)c(C(C)C)c1. The second-order valence-corrected chi connectivity index (χ2v) is 9.85. The molecule has 3 rings (SSSR count). The first-order valence-corrected chi connectivity index (χ1v) is 11.8. The smallest absolute Gasteiger partial charge is 0.328 e. The molecule has 31 heavy (non-hydrogen) atoms. The Balaban J connectivity index is 2.26. The van der Waals surface area contributed by atoms with Gasteiger partial charge in [0.2, 0.25) is 0 Å². The molecule has 1 aromatic heterocycles.